The molecule has 1 aromatic carbocycles. The Morgan fingerprint density at radius 3 is 2.63 bits per heavy atom. The Bertz CT molecular complexity index is 405. The molecular weight excluding hydrogens is 234 g/mol. The van der Waals surface area contributed by atoms with Crippen molar-refractivity contribution in [1.82, 2.24) is 4.90 Å². The van der Waals surface area contributed by atoms with Crippen molar-refractivity contribution in [2.45, 2.75) is 39.3 Å². The van der Waals surface area contributed by atoms with E-state index < -0.39 is 0 Å². The van der Waals surface area contributed by atoms with Gasteiger partial charge in [0.1, 0.15) is 0 Å². The Kier molecular flexibility index (Phi) is 4.83. The van der Waals surface area contributed by atoms with E-state index in [1.54, 1.807) is 0 Å². The number of para-hydroxylation sites is 1. The highest BCUT2D eigenvalue weighted by atomic mass is 15.3. The third-order valence-electron chi connectivity index (χ3n) is 4.29. The molecule has 3 nitrogen and oxygen atoms in total. The number of piperazine rings is 1. The number of hydrogen-bond acceptors (Lipinski definition) is 3. The Morgan fingerprint density at radius 2 is 2.00 bits per heavy atom. The Balaban J connectivity index is 2.19. The summed E-state index contributed by atoms with van der Waals surface area (Å²) in [6, 6.07) is 9.39. The summed E-state index contributed by atoms with van der Waals surface area (Å²) in [4.78, 5) is 5.04. The van der Waals surface area contributed by atoms with E-state index in [4.69, 9.17) is 5.73 Å². The maximum atomic E-state index is 6.25. The smallest absolute Gasteiger partial charge is 0.0415 e. The minimum Gasteiger partial charge on any atom is -0.368 e. The maximum Gasteiger partial charge on any atom is 0.0415 e. The van der Waals surface area contributed by atoms with Gasteiger partial charge in [-0.2, -0.15) is 0 Å². The topological polar surface area (TPSA) is 32.5 Å². The van der Waals surface area contributed by atoms with Crippen molar-refractivity contribution in [3.63, 3.8) is 0 Å². The van der Waals surface area contributed by atoms with E-state index in [0.29, 0.717) is 6.04 Å². The molecule has 0 radical (unpaired) electrons. The first-order valence-electron chi connectivity index (χ1n) is 7.50. The molecule has 19 heavy (non-hydrogen) atoms. The quantitative estimate of drug-likeness (QED) is 0.904. The molecule has 1 aliphatic heterocycles. The molecule has 0 aromatic heterocycles. The van der Waals surface area contributed by atoms with E-state index in [9.17, 15) is 0 Å². The van der Waals surface area contributed by atoms with E-state index in [-0.39, 0.29) is 6.04 Å². The fourth-order valence-electron chi connectivity index (χ4n) is 2.99. The predicted molar refractivity (Wildman–Crippen MR) is 82.6 cm³/mol. The molecule has 0 spiro atoms. The lowest BCUT2D eigenvalue weighted by Crippen LogP contribution is -2.52. The molecule has 0 saturated carbocycles. The summed E-state index contributed by atoms with van der Waals surface area (Å²) in [5, 5.41) is 0. The third-order valence-corrected chi connectivity index (χ3v) is 4.29. The highest BCUT2D eigenvalue weighted by Crippen LogP contribution is 2.28. The molecule has 2 N–H and O–H groups in total. The average molecular weight is 261 g/mol. The van der Waals surface area contributed by atoms with Crippen LogP contribution in [0.15, 0.2) is 24.3 Å². The van der Waals surface area contributed by atoms with Gasteiger partial charge in [-0.1, -0.05) is 32.0 Å². The molecule has 2 atom stereocenters. The van der Waals surface area contributed by atoms with Crippen LogP contribution in [0.3, 0.4) is 0 Å². The zero-order valence-electron chi connectivity index (χ0n) is 12.5. The average Bonchev–Trinajstić information content (AvgIpc) is 2.46. The minimum atomic E-state index is 0.149. The van der Waals surface area contributed by atoms with Crippen molar-refractivity contribution in [3.05, 3.63) is 29.8 Å². The maximum absolute atomic E-state index is 6.25. The minimum absolute atomic E-state index is 0.149. The summed E-state index contributed by atoms with van der Waals surface area (Å²) in [6.45, 7) is 11.2. The van der Waals surface area contributed by atoms with Crippen molar-refractivity contribution in [2.24, 2.45) is 5.73 Å². The summed E-state index contributed by atoms with van der Waals surface area (Å²) >= 11 is 0. The van der Waals surface area contributed by atoms with Crippen molar-refractivity contribution in [2.75, 3.05) is 31.1 Å². The molecule has 1 aromatic rings. The molecule has 3 heteroatoms. The Labute approximate surface area is 117 Å². The molecule has 2 unspecified atom stereocenters. The van der Waals surface area contributed by atoms with Gasteiger partial charge < -0.3 is 10.6 Å². The fraction of sp³-hybridized carbons (Fsp3) is 0.625. The molecule has 106 valence electrons. The molecule has 0 amide bonds. The van der Waals surface area contributed by atoms with Crippen LogP contribution >= 0.6 is 0 Å². The van der Waals surface area contributed by atoms with Crippen molar-refractivity contribution in [1.29, 1.82) is 0 Å². The lowest BCUT2D eigenvalue weighted by Gasteiger charge is -2.41. The van der Waals surface area contributed by atoms with Gasteiger partial charge in [0, 0.05) is 37.4 Å². The second kappa shape index (κ2) is 6.40. The molecular formula is C16H27N3. The van der Waals surface area contributed by atoms with Gasteiger partial charge in [0.25, 0.3) is 0 Å². The highest BCUT2D eigenvalue weighted by molar-refractivity contribution is 5.55. The standard InChI is InChI=1S/C16H27N3/c1-4-15(17)14-8-6-7-9-16(14)19-11-10-18(5-2)13(3)12-19/h6-9,13,15H,4-5,10-12,17H2,1-3H3. The van der Waals surface area contributed by atoms with Gasteiger partial charge in [0.15, 0.2) is 0 Å². The zero-order chi connectivity index (χ0) is 13.8. The summed E-state index contributed by atoms with van der Waals surface area (Å²) in [5.41, 5.74) is 8.88. The van der Waals surface area contributed by atoms with Crippen LogP contribution in [0.4, 0.5) is 5.69 Å². The van der Waals surface area contributed by atoms with Gasteiger partial charge in [-0.05, 0) is 31.5 Å². The van der Waals surface area contributed by atoms with Gasteiger partial charge in [-0.25, -0.2) is 0 Å². The number of rotatable bonds is 4. The van der Waals surface area contributed by atoms with Crippen LogP contribution in [0, 0.1) is 0 Å². The number of nitrogens with two attached hydrogens (primary N) is 1. The molecule has 0 bridgehead atoms. The second-order valence-corrected chi connectivity index (χ2v) is 5.50. The molecule has 2 rings (SSSR count). The second-order valence-electron chi connectivity index (χ2n) is 5.50. The van der Waals surface area contributed by atoms with E-state index in [2.05, 4.69) is 54.8 Å². The van der Waals surface area contributed by atoms with E-state index in [1.807, 2.05) is 0 Å². The van der Waals surface area contributed by atoms with Crippen LogP contribution < -0.4 is 10.6 Å². The van der Waals surface area contributed by atoms with Crippen LogP contribution in [0.1, 0.15) is 38.8 Å². The number of nitrogens with zero attached hydrogens (tertiary/aromatic N) is 2. The number of likely N-dealkylation sites (N-methyl/N-ethyl adjacent to an activating group) is 1. The first-order chi connectivity index (χ1) is 9.17. The summed E-state index contributed by atoms with van der Waals surface area (Å²) in [5.74, 6) is 0. The van der Waals surface area contributed by atoms with Gasteiger partial charge in [-0.15, -0.1) is 0 Å². The molecule has 0 aliphatic carbocycles. The molecule has 1 saturated heterocycles. The van der Waals surface area contributed by atoms with E-state index in [0.717, 1.165) is 32.6 Å². The summed E-state index contributed by atoms with van der Waals surface area (Å²) in [7, 11) is 0. The lowest BCUT2D eigenvalue weighted by atomic mass is 10.0. The third kappa shape index (κ3) is 3.10. The Hall–Kier alpha value is -1.06. The van der Waals surface area contributed by atoms with Gasteiger partial charge in [0.05, 0.1) is 0 Å². The van der Waals surface area contributed by atoms with E-state index in [1.165, 1.54) is 11.3 Å². The molecule has 1 heterocycles. The summed E-state index contributed by atoms with van der Waals surface area (Å²) in [6.07, 6.45) is 0.988. The number of anilines is 1. The summed E-state index contributed by atoms with van der Waals surface area (Å²) < 4.78 is 0. The van der Waals surface area contributed by atoms with Crippen LogP contribution in [0.5, 0.6) is 0 Å². The van der Waals surface area contributed by atoms with Crippen LogP contribution in [-0.4, -0.2) is 37.1 Å². The molecule has 1 aliphatic rings. The monoisotopic (exact) mass is 261 g/mol. The van der Waals surface area contributed by atoms with E-state index >= 15 is 0 Å². The van der Waals surface area contributed by atoms with Crippen LogP contribution in [0.2, 0.25) is 0 Å². The fourth-order valence-corrected chi connectivity index (χ4v) is 2.99. The number of hydrogen-bond donors (Lipinski definition) is 1. The first-order valence-corrected chi connectivity index (χ1v) is 7.50. The van der Waals surface area contributed by atoms with Crippen molar-refractivity contribution >= 4 is 5.69 Å². The van der Waals surface area contributed by atoms with Crippen molar-refractivity contribution in [3.8, 4) is 0 Å². The van der Waals surface area contributed by atoms with Gasteiger partial charge >= 0.3 is 0 Å². The normalized spacial score (nSPS) is 22.5. The SMILES string of the molecule is CCC(N)c1ccccc1N1CCN(CC)C(C)C1. The highest BCUT2D eigenvalue weighted by Gasteiger charge is 2.24. The largest absolute Gasteiger partial charge is 0.368 e. The van der Waals surface area contributed by atoms with Crippen LogP contribution in [0.25, 0.3) is 0 Å². The number of benzene rings is 1. The zero-order valence-corrected chi connectivity index (χ0v) is 12.5. The van der Waals surface area contributed by atoms with Crippen molar-refractivity contribution < 1.29 is 0 Å². The predicted octanol–water partition coefficient (Wildman–Crippen LogP) is 2.63. The van der Waals surface area contributed by atoms with Crippen LogP contribution in [-0.2, 0) is 0 Å². The van der Waals surface area contributed by atoms with Gasteiger partial charge in [-0.3, -0.25) is 4.90 Å². The molecule has 1 fully saturated rings. The van der Waals surface area contributed by atoms with Gasteiger partial charge in [0.2, 0.25) is 0 Å². The lowest BCUT2D eigenvalue weighted by molar-refractivity contribution is 0.199. The first kappa shape index (κ1) is 14.4. The Morgan fingerprint density at radius 1 is 1.26 bits per heavy atom.